The summed E-state index contributed by atoms with van der Waals surface area (Å²) in [5, 5.41) is 5.99. The number of rotatable bonds is 9. The maximum atomic E-state index is 12.7. The van der Waals surface area contributed by atoms with Gasteiger partial charge in [0.05, 0.1) is 19.1 Å². The minimum Gasteiger partial charge on any atom is -0.348 e. The molecule has 0 saturated heterocycles. The van der Waals surface area contributed by atoms with Crippen LogP contribution in [0.3, 0.4) is 0 Å². The maximum Gasteiger partial charge on any atom is 0.238 e. The van der Waals surface area contributed by atoms with Gasteiger partial charge in [-0.25, -0.2) is 0 Å². The van der Waals surface area contributed by atoms with Gasteiger partial charge in [-0.05, 0) is 43.7 Å². The number of anilines is 1. The third kappa shape index (κ3) is 7.39. The average molecular weight is 416 g/mol. The van der Waals surface area contributed by atoms with Gasteiger partial charge in [-0.3, -0.25) is 14.5 Å². The van der Waals surface area contributed by atoms with E-state index in [2.05, 4.69) is 22.8 Å². The van der Waals surface area contributed by atoms with E-state index in [0.29, 0.717) is 6.42 Å². The zero-order chi connectivity index (χ0) is 22.1. The molecule has 0 radical (unpaired) electrons. The Morgan fingerprint density at radius 3 is 2.03 bits per heavy atom. The molecule has 2 N–H and O–H groups in total. The van der Waals surface area contributed by atoms with Crippen molar-refractivity contribution in [2.24, 2.45) is 0 Å². The van der Waals surface area contributed by atoms with E-state index in [1.807, 2.05) is 79.7 Å². The topological polar surface area (TPSA) is 61.4 Å². The zero-order valence-corrected chi connectivity index (χ0v) is 18.0. The Labute approximate surface area is 184 Å². The van der Waals surface area contributed by atoms with Gasteiger partial charge in [-0.15, -0.1) is 0 Å². The first-order chi connectivity index (χ1) is 15.0. The second-order valence-corrected chi connectivity index (χ2v) is 7.81. The minimum atomic E-state index is -0.150. The van der Waals surface area contributed by atoms with Crippen molar-refractivity contribution < 1.29 is 9.59 Å². The largest absolute Gasteiger partial charge is 0.348 e. The second-order valence-electron chi connectivity index (χ2n) is 7.81. The van der Waals surface area contributed by atoms with Crippen LogP contribution in [0, 0.1) is 6.92 Å². The third-order valence-electron chi connectivity index (χ3n) is 4.98. The van der Waals surface area contributed by atoms with E-state index in [1.54, 1.807) is 11.9 Å². The van der Waals surface area contributed by atoms with Crippen LogP contribution in [0.4, 0.5) is 5.69 Å². The highest BCUT2D eigenvalue weighted by Gasteiger charge is 2.17. The summed E-state index contributed by atoms with van der Waals surface area (Å²) in [4.78, 5) is 26.7. The lowest BCUT2D eigenvalue weighted by Crippen LogP contribution is -2.40. The summed E-state index contributed by atoms with van der Waals surface area (Å²) in [7, 11) is 1.77. The minimum absolute atomic E-state index is 0.115. The van der Waals surface area contributed by atoms with Gasteiger partial charge < -0.3 is 10.6 Å². The summed E-state index contributed by atoms with van der Waals surface area (Å²) < 4.78 is 0. The molecule has 5 heteroatoms. The Morgan fingerprint density at radius 1 is 0.806 bits per heavy atom. The fraction of sp³-hybridized carbons (Fsp3) is 0.231. The number of aryl methyl sites for hydroxylation is 1. The molecule has 3 aromatic rings. The molecular formula is C26H29N3O2. The molecule has 0 spiro atoms. The molecule has 0 aromatic heterocycles. The normalized spacial score (nSPS) is 11.7. The molecule has 3 rings (SSSR count). The fourth-order valence-electron chi connectivity index (χ4n) is 3.41. The van der Waals surface area contributed by atoms with Crippen LogP contribution in [0.15, 0.2) is 84.9 Å². The Kier molecular flexibility index (Phi) is 7.96. The predicted molar refractivity (Wildman–Crippen MR) is 125 cm³/mol. The smallest absolute Gasteiger partial charge is 0.238 e. The first kappa shape index (κ1) is 22.2. The molecule has 2 amide bonds. The van der Waals surface area contributed by atoms with Crippen molar-refractivity contribution in [1.82, 2.24) is 10.2 Å². The van der Waals surface area contributed by atoms with Crippen LogP contribution in [0.5, 0.6) is 0 Å². The van der Waals surface area contributed by atoms with Crippen molar-refractivity contribution >= 4 is 17.5 Å². The first-order valence-corrected chi connectivity index (χ1v) is 10.4. The Hall–Kier alpha value is -3.44. The number of carbonyl (C=O) groups is 2. The van der Waals surface area contributed by atoms with E-state index < -0.39 is 0 Å². The van der Waals surface area contributed by atoms with Crippen molar-refractivity contribution in [1.29, 1.82) is 0 Å². The number of hydrogen-bond donors (Lipinski definition) is 2. The first-order valence-electron chi connectivity index (χ1n) is 10.4. The highest BCUT2D eigenvalue weighted by atomic mass is 16.2. The monoisotopic (exact) mass is 415 g/mol. The van der Waals surface area contributed by atoms with Gasteiger partial charge in [-0.2, -0.15) is 0 Å². The van der Waals surface area contributed by atoms with Crippen molar-refractivity contribution in [3.05, 3.63) is 102 Å². The molecule has 0 fully saturated rings. The Morgan fingerprint density at radius 2 is 1.39 bits per heavy atom. The molecule has 160 valence electrons. The van der Waals surface area contributed by atoms with Crippen LogP contribution in [0.2, 0.25) is 0 Å². The average Bonchev–Trinajstić information content (AvgIpc) is 2.76. The van der Waals surface area contributed by atoms with E-state index in [0.717, 1.165) is 22.4 Å². The number of nitrogens with one attached hydrogen (secondary N) is 2. The number of likely N-dealkylation sites (N-methyl/N-ethyl adjacent to an activating group) is 1. The molecule has 0 aliphatic carbocycles. The third-order valence-corrected chi connectivity index (χ3v) is 4.98. The van der Waals surface area contributed by atoms with Gasteiger partial charge >= 0.3 is 0 Å². The molecule has 5 nitrogen and oxygen atoms in total. The molecular weight excluding hydrogens is 386 g/mol. The number of carbonyl (C=O) groups excluding carboxylic acids is 2. The van der Waals surface area contributed by atoms with Crippen LogP contribution in [-0.4, -0.2) is 36.9 Å². The van der Waals surface area contributed by atoms with Crippen LogP contribution in [0.1, 0.15) is 22.7 Å². The fourth-order valence-corrected chi connectivity index (χ4v) is 3.41. The summed E-state index contributed by atoms with van der Waals surface area (Å²) in [6.07, 6.45) is 0.703. The summed E-state index contributed by atoms with van der Waals surface area (Å²) >= 11 is 0. The van der Waals surface area contributed by atoms with Crippen molar-refractivity contribution in [2.75, 3.05) is 25.5 Å². The number of hydrogen-bond acceptors (Lipinski definition) is 3. The van der Waals surface area contributed by atoms with E-state index in [4.69, 9.17) is 0 Å². The van der Waals surface area contributed by atoms with E-state index in [1.165, 1.54) is 0 Å². The molecule has 0 aliphatic rings. The maximum absolute atomic E-state index is 12.7. The molecule has 1 atom stereocenters. The van der Waals surface area contributed by atoms with Crippen molar-refractivity contribution in [3.63, 3.8) is 0 Å². The summed E-state index contributed by atoms with van der Waals surface area (Å²) in [6.45, 7) is 2.27. The van der Waals surface area contributed by atoms with Crippen molar-refractivity contribution in [3.8, 4) is 0 Å². The predicted octanol–water partition coefficient (Wildman–Crippen LogP) is 3.97. The lowest BCUT2D eigenvalue weighted by Gasteiger charge is -2.22. The zero-order valence-electron chi connectivity index (χ0n) is 18.0. The molecule has 3 aromatic carbocycles. The standard InChI is InChI=1S/C26H29N3O2/c1-20-13-15-23(16-14-20)27-25(30)18-29(2)19-26(31)28-24(22-11-7-4-8-12-22)17-21-9-5-3-6-10-21/h3-16,24H,17-19H2,1-2H3,(H,27,30)(H,28,31)/t24-/m0/s1. The SMILES string of the molecule is Cc1ccc(NC(=O)CN(C)CC(=O)N[C@@H](Cc2ccccc2)c2ccccc2)cc1. The van der Waals surface area contributed by atoms with Gasteiger partial charge in [0.25, 0.3) is 0 Å². The van der Waals surface area contributed by atoms with Gasteiger partial charge in [0.2, 0.25) is 11.8 Å². The summed E-state index contributed by atoms with van der Waals surface area (Å²) in [6, 6.07) is 27.6. The lowest BCUT2D eigenvalue weighted by atomic mass is 9.99. The van der Waals surface area contributed by atoms with Gasteiger partial charge in [0.15, 0.2) is 0 Å². The van der Waals surface area contributed by atoms with Gasteiger partial charge in [0, 0.05) is 5.69 Å². The summed E-state index contributed by atoms with van der Waals surface area (Å²) in [5.74, 6) is -0.265. The molecule has 0 saturated carbocycles. The van der Waals surface area contributed by atoms with Crippen LogP contribution in [-0.2, 0) is 16.0 Å². The van der Waals surface area contributed by atoms with Crippen LogP contribution >= 0.6 is 0 Å². The number of benzene rings is 3. The summed E-state index contributed by atoms with van der Waals surface area (Å²) in [5.41, 5.74) is 4.10. The van der Waals surface area contributed by atoms with E-state index in [9.17, 15) is 9.59 Å². The highest BCUT2D eigenvalue weighted by Crippen LogP contribution is 2.18. The molecule has 0 bridgehead atoms. The van der Waals surface area contributed by atoms with E-state index >= 15 is 0 Å². The second kappa shape index (κ2) is 11.1. The number of amides is 2. The van der Waals surface area contributed by atoms with Crippen molar-refractivity contribution in [2.45, 2.75) is 19.4 Å². The van der Waals surface area contributed by atoms with Crippen LogP contribution in [0.25, 0.3) is 0 Å². The quantitative estimate of drug-likeness (QED) is 0.556. The molecule has 31 heavy (non-hydrogen) atoms. The number of nitrogens with zero attached hydrogens (tertiary/aromatic N) is 1. The highest BCUT2D eigenvalue weighted by molar-refractivity contribution is 5.92. The Balaban J connectivity index is 1.55. The van der Waals surface area contributed by atoms with Gasteiger partial charge in [-0.1, -0.05) is 78.4 Å². The molecule has 0 unspecified atom stereocenters. The molecule has 0 aliphatic heterocycles. The van der Waals surface area contributed by atoms with Crippen LogP contribution < -0.4 is 10.6 Å². The Bertz CT molecular complexity index is 973. The van der Waals surface area contributed by atoms with E-state index in [-0.39, 0.29) is 30.9 Å². The molecule has 0 heterocycles. The lowest BCUT2D eigenvalue weighted by molar-refractivity contribution is -0.123. The van der Waals surface area contributed by atoms with Gasteiger partial charge in [0.1, 0.15) is 0 Å².